The van der Waals surface area contributed by atoms with Gasteiger partial charge in [-0.15, -0.1) is 0 Å². The predicted octanol–water partition coefficient (Wildman–Crippen LogP) is 0.583. The molecule has 4 N–H and O–H groups in total. The van der Waals surface area contributed by atoms with Crippen LogP contribution in [-0.2, 0) is 16.6 Å². The van der Waals surface area contributed by atoms with E-state index in [0.717, 1.165) is 6.42 Å². The van der Waals surface area contributed by atoms with Gasteiger partial charge in [-0.3, -0.25) is 5.10 Å². The van der Waals surface area contributed by atoms with Gasteiger partial charge in [0.2, 0.25) is 0 Å². The molecular weight excluding hydrogens is 240 g/mol. The minimum atomic E-state index is -3.53. The van der Waals surface area contributed by atoms with Gasteiger partial charge in [0.05, 0.1) is 6.20 Å². The lowest BCUT2D eigenvalue weighted by Gasteiger charge is -2.17. The quantitative estimate of drug-likeness (QED) is 0.721. The fourth-order valence-corrected chi connectivity index (χ4v) is 2.48. The summed E-state index contributed by atoms with van der Waals surface area (Å²) < 4.78 is 26.4. The van der Waals surface area contributed by atoms with Crippen LogP contribution in [0.15, 0.2) is 11.2 Å². The topological polar surface area (TPSA) is 101 Å². The number of nitrogens with two attached hydrogens (primary N) is 1. The number of aromatic nitrogens is 2. The van der Waals surface area contributed by atoms with E-state index in [1.807, 2.05) is 0 Å². The maximum absolute atomic E-state index is 11.9. The van der Waals surface area contributed by atoms with Crippen LogP contribution in [-0.4, -0.2) is 25.2 Å². The first-order chi connectivity index (χ1) is 7.76. The van der Waals surface area contributed by atoms with Crippen molar-refractivity contribution in [3.8, 4) is 0 Å². The van der Waals surface area contributed by atoms with Gasteiger partial charge in [-0.2, -0.15) is 5.10 Å². The Hall–Kier alpha value is -0.920. The average Bonchev–Trinajstić information content (AvgIpc) is 2.63. The van der Waals surface area contributed by atoms with Crippen molar-refractivity contribution in [2.24, 2.45) is 11.1 Å². The van der Waals surface area contributed by atoms with Gasteiger partial charge < -0.3 is 5.73 Å². The molecule has 0 aliphatic rings. The summed E-state index contributed by atoms with van der Waals surface area (Å²) in [7, 11) is -3.53. The molecule has 0 fully saturated rings. The number of aromatic amines is 1. The minimum Gasteiger partial charge on any atom is -0.326 e. The predicted molar refractivity (Wildman–Crippen MR) is 65.7 cm³/mol. The Kier molecular flexibility index (Phi) is 4.29. The molecule has 1 rings (SSSR count). The van der Waals surface area contributed by atoms with Gasteiger partial charge in [-0.1, -0.05) is 20.8 Å². The highest BCUT2D eigenvalue weighted by molar-refractivity contribution is 7.89. The Morgan fingerprint density at radius 1 is 1.47 bits per heavy atom. The van der Waals surface area contributed by atoms with Crippen molar-refractivity contribution in [3.05, 3.63) is 11.8 Å². The monoisotopic (exact) mass is 260 g/mol. The van der Waals surface area contributed by atoms with Crippen molar-refractivity contribution in [1.82, 2.24) is 14.9 Å². The first kappa shape index (κ1) is 14.1. The zero-order chi connectivity index (χ0) is 13.1. The third-order valence-electron chi connectivity index (χ3n) is 2.33. The number of nitrogens with one attached hydrogen (secondary N) is 2. The molecule has 17 heavy (non-hydrogen) atoms. The van der Waals surface area contributed by atoms with Gasteiger partial charge >= 0.3 is 0 Å². The maximum atomic E-state index is 11.9. The largest absolute Gasteiger partial charge is 0.326 e. The lowest BCUT2D eigenvalue weighted by Crippen LogP contribution is -2.28. The first-order valence-electron chi connectivity index (χ1n) is 5.48. The second-order valence-corrected chi connectivity index (χ2v) is 6.84. The third-order valence-corrected chi connectivity index (χ3v) is 3.81. The van der Waals surface area contributed by atoms with E-state index in [2.05, 4.69) is 35.7 Å². The summed E-state index contributed by atoms with van der Waals surface area (Å²) in [6.07, 6.45) is 2.19. The van der Waals surface area contributed by atoms with Crippen LogP contribution < -0.4 is 10.5 Å². The third kappa shape index (κ3) is 4.10. The Balaban J connectivity index is 2.70. The molecule has 98 valence electrons. The Bertz CT molecular complexity index is 459. The molecule has 0 atom stereocenters. The fourth-order valence-electron chi connectivity index (χ4n) is 1.31. The molecule has 0 radical (unpaired) electrons. The van der Waals surface area contributed by atoms with Crippen molar-refractivity contribution < 1.29 is 8.42 Å². The molecule has 7 heteroatoms. The molecule has 1 aromatic rings. The van der Waals surface area contributed by atoms with Crippen molar-refractivity contribution in [3.63, 3.8) is 0 Å². The molecule has 0 spiro atoms. The summed E-state index contributed by atoms with van der Waals surface area (Å²) in [5.74, 6) is 0. The lowest BCUT2D eigenvalue weighted by atomic mass is 9.93. The van der Waals surface area contributed by atoms with Crippen molar-refractivity contribution in [2.75, 3.05) is 6.54 Å². The highest BCUT2D eigenvalue weighted by atomic mass is 32.2. The highest BCUT2D eigenvalue weighted by Gasteiger charge is 2.20. The van der Waals surface area contributed by atoms with E-state index in [4.69, 9.17) is 5.73 Å². The van der Waals surface area contributed by atoms with Crippen LogP contribution in [0.1, 0.15) is 32.8 Å². The van der Waals surface area contributed by atoms with E-state index in [-0.39, 0.29) is 17.0 Å². The average molecular weight is 260 g/mol. The van der Waals surface area contributed by atoms with Gasteiger partial charge in [0.15, 0.2) is 5.03 Å². The summed E-state index contributed by atoms with van der Waals surface area (Å²) in [5.41, 5.74) is 6.02. The van der Waals surface area contributed by atoms with Crippen LogP contribution in [0.2, 0.25) is 0 Å². The van der Waals surface area contributed by atoms with Crippen LogP contribution >= 0.6 is 0 Å². The summed E-state index contributed by atoms with van der Waals surface area (Å²) in [6, 6.07) is 0. The van der Waals surface area contributed by atoms with Crippen LogP contribution in [0.3, 0.4) is 0 Å². The molecule has 0 aromatic carbocycles. The number of sulfonamides is 1. The number of H-pyrrole nitrogens is 1. The maximum Gasteiger partial charge on any atom is 0.257 e. The Morgan fingerprint density at radius 3 is 2.65 bits per heavy atom. The molecular formula is C10H20N4O2S. The molecule has 0 unspecified atom stereocenters. The molecule has 0 aliphatic heterocycles. The molecule has 0 saturated heterocycles. The Morgan fingerprint density at radius 2 is 2.12 bits per heavy atom. The summed E-state index contributed by atoms with van der Waals surface area (Å²) in [4.78, 5) is 0. The van der Waals surface area contributed by atoms with Crippen LogP contribution in [0.25, 0.3) is 0 Å². The van der Waals surface area contributed by atoms with E-state index in [0.29, 0.717) is 12.1 Å². The van der Waals surface area contributed by atoms with E-state index in [9.17, 15) is 8.42 Å². The van der Waals surface area contributed by atoms with Crippen molar-refractivity contribution >= 4 is 10.0 Å². The van der Waals surface area contributed by atoms with Gasteiger partial charge in [0, 0.05) is 18.7 Å². The molecule has 1 aromatic heterocycles. The molecule has 0 saturated carbocycles. The van der Waals surface area contributed by atoms with E-state index in [1.54, 1.807) is 0 Å². The number of hydrogen-bond donors (Lipinski definition) is 3. The molecule has 0 amide bonds. The number of nitrogens with zero attached hydrogens (tertiary/aromatic N) is 1. The smallest absolute Gasteiger partial charge is 0.257 e. The van der Waals surface area contributed by atoms with Crippen LogP contribution in [0.5, 0.6) is 0 Å². The standard InChI is InChI=1S/C10H20N4O2S/c1-10(2,3)4-5-13-17(15,16)9-8(6-11)7-12-14-9/h7,13H,4-6,11H2,1-3H3,(H,12,14). The number of hydrogen-bond acceptors (Lipinski definition) is 4. The first-order valence-corrected chi connectivity index (χ1v) is 6.96. The summed E-state index contributed by atoms with van der Waals surface area (Å²) >= 11 is 0. The molecule has 1 heterocycles. The molecule has 0 bridgehead atoms. The minimum absolute atomic E-state index is 0.0638. The SMILES string of the molecule is CC(C)(C)CCNS(=O)(=O)c1[nH]ncc1CN. The highest BCUT2D eigenvalue weighted by Crippen LogP contribution is 2.18. The van der Waals surface area contributed by atoms with Crippen LogP contribution in [0.4, 0.5) is 0 Å². The van der Waals surface area contributed by atoms with Gasteiger partial charge in [0.1, 0.15) is 0 Å². The fraction of sp³-hybridized carbons (Fsp3) is 0.700. The molecule has 0 aliphatic carbocycles. The number of rotatable bonds is 5. The van der Waals surface area contributed by atoms with E-state index >= 15 is 0 Å². The zero-order valence-corrected chi connectivity index (χ0v) is 11.3. The zero-order valence-electron chi connectivity index (χ0n) is 10.4. The summed E-state index contributed by atoms with van der Waals surface area (Å²) in [6.45, 7) is 6.72. The normalized spacial score (nSPS) is 12.9. The molecule has 6 nitrogen and oxygen atoms in total. The van der Waals surface area contributed by atoms with Crippen molar-refractivity contribution in [2.45, 2.75) is 38.8 Å². The van der Waals surface area contributed by atoms with Gasteiger partial charge in [-0.25, -0.2) is 13.1 Å². The second-order valence-electron chi connectivity index (χ2n) is 5.14. The van der Waals surface area contributed by atoms with Crippen molar-refractivity contribution in [1.29, 1.82) is 0 Å². The van der Waals surface area contributed by atoms with Gasteiger partial charge in [0.25, 0.3) is 10.0 Å². The summed E-state index contributed by atoms with van der Waals surface area (Å²) in [5, 5.41) is 6.22. The lowest BCUT2D eigenvalue weighted by molar-refractivity contribution is 0.378. The van der Waals surface area contributed by atoms with E-state index < -0.39 is 10.0 Å². The Labute approximate surface area is 102 Å². The van der Waals surface area contributed by atoms with E-state index in [1.165, 1.54) is 6.20 Å². The van der Waals surface area contributed by atoms with Crippen LogP contribution in [0, 0.1) is 5.41 Å². The second kappa shape index (κ2) is 5.16. The van der Waals surface area contributed by atoms with Gasteiger partial charge in [-0.05, 0) is 11.8 Å².